The molecule has 0 fully saturated rings. The fourth-order valence-corrected chi connectivity index (χ4v) is 6.07. The average Bonchev–Trinajstić information content (AvgIpc) is 3.43. The van der Waals surface area contributed by atoms with Crippen LogP contribution in [0.2, 0.25) is 0 Å². The van der Waals surface area contributed by atoms with Crippen molar-refractivity contribution in [2.24, 2.45) is 13.0 Å². The number of aryl methyl sites for hydroxylation is 2. The van der Waals surface area contributed by atoms with Crippen molar-refractivity contribution in [3.63, 3.8) is 0 Å². The van der Waals surface area contributed by atoms with Crippen LogP contribution < -0.4 is 4.57 Å². The van der Waals surface area contributed by atoms with E-state index in [1.165, 1.54) is 23.3 Å². The maximum Gasteiger partial charge on any atom is 0.224 e. The molecule has 0 amide bonds. The molecule has 0 saturated carbocycles. The quantitative estimate of drug-likeness (QED) is 0.226. The second kappa shape index (κ2) is 8.16. The normalized spacial score (nSPS) is 12.3. The number of aromatic nitrogens is 1. The molecule has 0 bridgehead atoms. The highest BCUT2D eigenvalue weighted by molar-refractivity contribution is 6.18. The van der Waals surface area contributed by atoms with Crippen LogP contribution in [0.1, 0.15) is 30.5 Å². The third-order valence-corrected chi connectivity index (χ3v) is 7.97. The lowest BCUT2D eigenvalue weighted by molar-refractivity contribution is -0.659. The lowest BCUT2D eigenvalue weighted by Gasteiger charge is -2.11. The molecule has 0 atom stereocenters. The minimum absolute atomic E-state index is 0.300. The summed E-state index contributed by atoms with van der Waals surface area (Å²) in [7, 11) is 2.06. The van der Waals surface area contributed by atoms with Gasteiger partial charge >= 0.3 is 0 Å². The maximum absolute atomic E-state index is 14.1. The van der Waals surface area contributed by atoms with E-state index in [1.807, 2.05) is 6.07 Å². The number of halogens is 1. The Labute approximate surface area is 220 Å². The molecule has 3 heterocycles. The zero-order valence-corrected chi connectivity index (χ0v) is 22.3. The first-order chi connectivity index (χ1) is 18.3. The van der Waals surface area contributed by atoms with Crippen LogP contribution in [0.5, 0.6) is 0 Å². The minimum atomic E-state index is -0.300. The summed E-state index contributed by atoms with van der Waals surface area (Å²) in [5.41, 5.74) is 8.86. The molecule has 188 valence electrons. The van der Waals surface area contributed by atoms with Gasteiger partial charge in [0.2, 0.25) is 5.69 Å². The molecule has 38 heavy (non-hydrogen) atoms. The summed E-state index contributed by atoms with van der Waals surface area (Å²) in [5.74, 6) is 0.242. The highest BCUT2D eigenvalue weighted by atomic mass is 19.1. The number of hydrogen-bond acceptors (Lipinski definition) is 2. The molecular weight excluding hydrogens is 473 g/mol. The highest BCUT2D eigenvalue weighted by Gasteiger charge is 2.26. The van der Waals surface area contributed by atoms with Crippen LogP contribution in [0.25, 0.3) is 65.9 Å². The Hall–Kier alpha value is -4.18. The molecule has 0 unspecified atom stereocenters. The third kappa shape index (κ3) is 3.22. The topological polar surface area (TPSA) is 30.2 Å². The first-order valence-corrected chi connectivity index (χ1v) is 13.2. The van der Waals surface area contributed by atoms with Gasteiger partial charge in [-0.15, -0.1) is 0 Å². The number of hydrogen-bond donors (Lipinski definition) is 0. The van der Waals surface area contributed by atoms with E-state index in [4.69, 9.17) is 8.83 Å². The predicted octanol–water partition coefficient (Wildman–Crippen LogP) is 9.08. The van der Waals surface area contributed by atoms with Gasteiger partial charge < -0.3 is 8.83 Å². The summed E-state index contributed by atoms with van der Waals surface area (Å²) >= 11 is 0. The molecule has 0 spiro atoms. The summed E-state index contributed by atoms with van der Waals surface area (Å²) < 4.78 is 29.3. The van der Waals surface area contributed by atoms with Crippen molar-refractivity contribution >= 4 is 54.6 Å². The first-order valence-electron chi connectivity index (χ1n) is 13.2. The fourth-order valence-electron chi connectivity index (χ4n) is 6.07. The van der Waals surface area contributed by atoms with Crippen LogP contribution >= 0.6 is 0 Å². The Balaban J connectivity index is 1.59. The van der Waals surface area contributed by atoms with Crippen LogP contribution in [0.15, 0.2) is 75.7 Å². The van der Waals surface area contributed by atoms with Crippen LogP contribution in [0.4, 0.5) is 4.39 Å². The van der Waals surface area contributed by atoms with E-state index in [-0.39, 0.29) is 5.82 Å². The van der Waals surface area contributed by atoms with Crippen molar-refractivity contribution in [3.05, 3.63) is 89.4 Å². The van der Waals surface area contributed by atoms with Gasteiger partial charge in [0.1, 0.15) is 35.2 Å². The second-order valence-electron chi connectivity index (χ2n) is 11.0. The van der Waals surface area contributed by atoms with E-state index in [0.717, 1.165) is 72.3 Å². The van der Waals surface area contributed by atoms with Gasteiger partial charge in [-0.2, -0.15) is 0 Å². The lowest BCUT2D eigenvalue weighted by atomic mass is 9.93. The molecule has 7 aromatic rings. The Morgan fingerprint density at radius 1 is 0.763 bits per heavy atom. The molecule has 4 heteroatoms. The van der Waals surface area contributed by atoms with Gasteiger partial charge in [-0.1, -0.05) is 32.0 Å². The number of fused-ring (bicyclic) bond motifs is 8. The van der Waals surface area contributed by atoms with Gasteiger partial charge in [0.25, 0.3) is 0 Å². The number of benzene rings is 4. The van der Waals surface area contributed by atoms with Crippen LogP contribution in [-0.2, 0) is 13.5 Å². The largest absolute Gasteiger partial charge is 0.455 e. The Morgan fingerprint density at radius 2 is 1.50 bits per heavy atom. The van der Waals surface area contributed by atoms with Crippen molar-refractivity contribution in [2.75, 3.05) is 0 Å². The standard InChI is InChI=1S/C34H29FNO2/c1-18(2)15-21-7-6-8-25-26-12-11-24-27(33(26)38-32(21)25)13-14-36(5)31(24)30-20(4)19(3)16-28-23-10-9-22(35)17-29(23)37-34(28)30/h6-14,16-18H,15H2,1-5H3/q+1. The van der Waals surface area contributed by atoms with Crippen molar-refractivity contribution in [2.45, 2.75) is 34.1 Å². The van der Waals surface area contributed by atoms with Gasteiger partial charge in [-0.05, 0) is 73.2 Å². The smallest absolute Gasteiger partial charge is 0.224 e. The molecule has 0 N–H and O–H groups in total. The molecule has 0 aliphatic rings. The fraction of sp³-hybridized carbons (Fsp3) is 0.206. The van der Waals surface area contributed by atoms with Crippen molar-refractivity contribution < 1.29 is 17.8 Å². The van der Waals surface area contributed by atoms with E-state index in [9.17, 15) is 4.39 Å². The van der Waals surface area contributed by atoms with E-state index >= 15 is 0 Å². The molecule has 3 nitrogen and oxygen atoms in total. The molecule has 0 aliphatic carbocycles. The van der Waals surface area contributed by atoms with E-state index in [0.29, 0.717) is 11.5 Å². The number of rotatable bonds is 3. The molecule has 0 radical (unpaired) electrons. The summed E-state index contributed by atoms with van der Waals surface area (Å²) in [6.07, 6.45) is 3.07. The van der Waals surface area contributed by atoms with E-state index in [1.54, 1.807) is 0 Å². The molecule has 3 aromatic heterocycles. The van der Waals surface area contributed by atoms with E-state index < -0.39 is 0 Å². The van der Waals surface area contributed by atoms with Crippen LogP contribution in [0, 0.1) is 25.6 Å². The SMILES string of the molecule is Cc1cc2c(oc3cc(F)ccc32)c(-c2c3ccc4c5cccc(CC(C)C)c5oc4c3cc[n+]2C)c1C. The molecular formula is C34H29FNO2+. The third-order valence-electron chi connectivity index (χ3n) is 7.97. The monoisotopic (exact) mass is 502 g/mol. The van der Waals surface area contributed by atoms with Crippen molar-refractivity contribution in [1.29, 1.82) is 0 Å². The Kier molecular flexibility index (Phi) is 4.93. The number of pyridine rings is 1. The lowest BCUT2D eigenvalue weighted by Crippen LogP contribution is -2.30. The van der Waals surface area contributed by atoms with Crippen molar-refractivity contribution in [1.82, 2.24) is 0 Å². The first kappa shape index (κ1) is 23.0. The minimum Gasteiger partial charge on any atom is -0.455 e. The Bertz CT molecular complexity index is 2080. The molecule has 0 aliphatic heterocycles. The summed E-state index contributed by atoms with van der Waals surface area (Å²) in [4.78, 5) is 0. The highest BCUT2D eigenvalue weighted by Crippen LogP contribution is 2.43. The van der Waals surface area contributed by atoms with Crippen molar-refractivity contribution in [3.8, 4) is 11.3 Å². The summed E-state index contributed by atoms with van der Waals surface area (Å²) in [6, 6.07) is 19.9. The van der Waals surface area contributed by atoms with Gasteiger partial charge in [0, 0.05) is 39.1 Å². The molecule has 4 aromatic carbocycles. The molecule has 0 saturated heterocycles. The predicted molar refractivity (Wildman–Crippen MR) is 153 cm³/mol. The van der Waals surface area contributed by atoms with Gasteiger partial charge in [-0.3, -0.25) is 0 Å². The van der Waals surface area contributed by atoms with E-state index in [2.05, 4.69) is 88.0 Å². The zero-order valence-electron chi connectivity index (χ0n) is 22.3. The van der Waals surface area contributed by atoms with Gasteiger partial charge in [0.05, 0.1) is 10.9 Å². The van der Waals surface area contributed by atoms with Crippen LogP contribution in [-0.4, -0.2) is 0 Å². The number of nitrogens with zero attached hydrogens (tertiary/aromatic N) is 1. The van der Waals surface area contributed by atoms with Gasteiger partial charge in [0.15, 0.2) is 6.20 Å². The van der Waals surface area contributed by atoms with Gasteiger partial charge in [-0.25, -0.2) is 8.96 Å². The van der Waals surface area contributed by atoms with Crippen LogP contribution in [0.3, 0.4) is 0 Å². The zero-order chi connectivity index (χ0) is 26.3. The number of para-hydroxylation sites is 1. The Morgan fingerprint density at radius 3 is 2.32 bits per heavy atom. The maximum atomic E-state index is 14.1. The summed E-state index contributed by atoms with van der Waals surface area (Å²) in [6.45, 7) is 8.73. The second-order valence-corrected chi connectivity index (χ2v) is 11.0. The summed E-state index contributed by atoms with van der Waals surface area (Å²) in [5, 5.41) is 6.36. The number of furan rings is 2. The molecule has 7 rings (SSSR count). The average molecular weight is 503 g/mol.